The highest BCUT2D eigenvalue weighted by Gasteiger charge is 2.38. The van der Waals surface area contributed by atoms with Crippen LogP contribution < -0.4 is 24.4 Å². The van der Waals surface area contributed by atoms with Gasteiger partial charge in [0, 0.05) is 0 Å². The molecule has 12 heteroatoms. The first kappa shape index (κ1) is 26.9. The van der Waals surface area contributed by atoms with E-state index in [1.165, 1.54) is 44.6 Å². The van der Waals surface area contributed by atoms with E-state index in [9.17, 15) is 32.3 Å². The quantitative estimate of drug-likeness (QED) is 0.210. The van der Waals surface area contributed by atoms with Crippen molar-refractivity contribution in [2.45, 2.75) is 6.18 Å². The Bertz CT molecular complexity index is 1500. The highest BCUT2D eigenvalue weighted by Crippen LogP contribution is 2.33. The molecule has 0 aromatic heterocycles. The Morgan fingerprint density at radius 3 is 2.26 bits per heavy atom. The number of alkyl halides is 3. The van der Waals surface area contributed by atoms with Crippen LogP contribution in [0.15, 0.2) is 72.3 Å². The highest BCUT2D eigenvalue weighted by molar-refractivity contribution is 6.39. The zero-order valence-corrected chi connectivity index (χ0v) is 20.4. The predicted octanol–water partition coefficient (Wildman–Crippen LogP) is 4.61. The minimum atomic E-state index is -4.71. The number of hydrogen-bond acceptors (Lipinski definition) is 7. The van der Waals surface area contributed by atoms with E-state index in [0.29, 0.717) is 16.7 Å². The summed E-state index contributed by atoms with van der Waals surface area (Å²) in [6, 6.07) is 12.7. The first-order valence-corrected chi connectivity index (χ1v) is 11.1. The van der Waals surface area contributed by atoms with Crippen molar-refractivity contribution in [1.29, 1.82) is 0 Å². The van der Waals surface area contributed by atoms with E-state index in [2.05, 4.69) is 0 Å². The van der Waals surface area contributed by atoms with E-state index >= 15 is 0 Å². The molecule has 0 atom stereocenters. The molecule has 0 bridgehead atoms. The molecule has 0 aliphatic carbocycles. The maximum Gasteiger partial charge on any atom is 0.416 e. The van der Waals surface area contributed by atoms with Crippen LogP contribution >= 0.6 is 0 Å². The Morgan fingerprint density at radius 2 is 1.62 bits per heavy atom. The number of hydrogen-bond donors (Lipinski definition) is 1. The van der Waals surface area contributed by atoms with Gasteiger partial charge in [0.1, 0.15) is 11.3 Å². The minimum Gasteiger partial charge on any atom is -0.497 e. The molecule has 1 fully saturated rings. The maximum atomic E-state index is 13.1. The second-order valence-corrected chi connectivity index (χ2v) is 8.03. The SMILES string of the molecule is COc1ccc(C(=O)Oc2ccc(/C=C3\C(=O)NC(=O)N(c4cccc(C(F)(F)F)c4)C3=O)cc2OC)cc1. The summed E-state index contributed by atoms with van der Waals surface area (Å²) in [6.45, 7) is 0. The second kappa shape index (κ2) is 10.7. The van der Waals surface area contributed by atoms with Crippen LogP contribution in [-0.4, -0.2) is 38.0 Å². The molecular weight excluding hydrogens is 521 g/mol. The fraction of sp³-hybridized carbons (Fsp3) is 0.111. The van der Waals surface area contributed by atoms with Gasteiger partial charge in [-0.3, -0.25) is 14.9 Å². The second-order valence-electron chi connectivity index (χ2n) is 8.03. The normalized spacial score (nSPS) is 14.7. The summed E-state index contributed by atoms with van der Waals surface area (Å²) in [7, 11) is 2.80. The van der Waals surface area contributed by atoms with Crippen molar-refractivity contribution in [2.75, 3.05) is 19.1 Å². The van der Waals surface area contributed by atoms with Crippen LogP contribution in [0.2, 0.25) is 0 Å². The number of carbonyl (C=O) groups is 4. The van der Waals surface area contributed by atoms with E-state index < -0.39 is 41.1 Å². The lowest BCUT2D eigenvalue weighted by atomic mass is 10.1. The number of barbiturate groups is 1. The van der Waals surface area contributed by atoms with Gasteiger partial charge in [-0.2, -0.15) is 13.2 Å². The predicted molar refractivity (Wildman–Crippen MR) is 131 cm³/mol. The van der Waals surface area contributed by atoms with Crippen LogP contribution in [0.4, 0.5) is 23.7 Å². The summed E-state index contributed by atoms with van der Waals surface area (Å²) in [4.78, 5) is 50.8. The number of ether oxygens (including phenoxy) is 3. The molecule has 3 aromatic rings. The van der Waals surface area contributed by atoms with Gasteiger partial charge in [0.2, 0.25) is 0 Å². The number of carbonyl (C=O) groups excluding carboxylic acids is 4. The topological polar surface area (TPSA) is 111 Å². The lowest BCUT2D eigenvalue weighted by molar-refractivity contribution is -0.137. The van der Waals surface area contributed by atoms with Gasteiger partial charge in [-0.15, -0.1) is 0 Å². The van der Waals surface area contributed by atoms with Crippen molar-refractivity contribution in [3.05, 3.63) is 89.0 Å². The molecule has 1 aliphatic heterocycles. The minimum absolute atomic E-state index is 0.0423. The summed E-state index contributed by atoms with van der Waals surface area (Å²) in [5.41, 5.74) is -1.48. The highest BCUT2D eigenvalue weighted by atomic mass is 19.4. The number of esters is 1. The number of methoxy groups -OCH3 is 2. The molecule has 0 unspecified atom stereocenters. The van der Waals surface area contributed by atoms with Crippen molar-refractivity contribution >= 4 is 35.6 Å². The van der Waals surface area contributed by atoms with Crippen molar-refractivity contribution in [2.24, 2.45) is 0 Å². The molecule has 39 heavy (non-hydrogen) atoms. The summed E-state index contributed by atoms with van der Waals surface area (Å²) < 4.78 is 55.2. The largest absolute Gasteiger partial charge is 0.497 e. The molecular formula is C27H19F3N2O7. The van der Waals surface area contributed by atoms with Crippen LogP contribution in [0.1, 0.15) is 21.5 Å². The molecule has 1 aliphatic rings. The van der Waals surface area contributed by atoms with Crippen LogP contribution in [0.3, 0.4) is 0 Å². The molecule has 1 saturated heterocycles. The van der Waals surface area contributed by atoms with Crippen molar-refractivity contribution in [3.8, 4) is 17.2 Å². The number of imide groups is 2. The van der Waals surface area contributed by atoms with Crippen LogP contribution in [0.5, 0.6) is 17.2 Å². The Hall–Kier alpha value is -5.13. The summed E-state index contributed by atoms with van der Waals surface area (Å²) in [5, 5.41) is 1.95. The molecule has 0 spiro atoms. The van der Waals surface area contributed by atoms with Crippen LogP contribution in [-0.2, 0) is 15.8 Å². The summed E-state index contributed by atoms with van der Waals surface area (Å²) in [5.74, 6) is -2.17. The number of nitrogens with one attached hydrogen (secondary N) is 1. The van der Waals surface area contributed by atoms with Gasteiger partial charge < -0.3 is 14.2 Å². The molecule has 1 heterocycles. The molecule has 9 nitrogen and oxygen atoms in total. The molecule has 1 N–H and O–H groups in total. The lowest BCUT2D eigenvalue weighted by Crippen LogP contribution is -2.54. The van der Waals surface area contributed by atoms with E-state index in [-0.39, 0.29) is 28.3 Å². The van der Waals surface area contributed by atoms with Gasteiger partial charge in [0.15, 0.2) is 11.5 Å². The number of benzene rings is 3. The van der Waals surface area contributed by atoms with Gasteiger partial charge in [-0.05, 0) is 66.2 Å². The van der Waals surface area contributed by atoms with Crippen molar-refractivity contribution in [3.63, 3.8) is 0 Å². The third-order valence-electron chi connectivity index (χ3n) is 5.56. The van der Waals surface area contributed by atoms with Crippen molar-refractivity contribution < 1.29 is 46.6 Å². The standard InChI is InChI=1S/C27H19F3N2O7/c1-37-19-9-7-16(8-10-19)25(35)39-21-11-6-15(13-22(21)38-2)12-20-23(33)31-26(36)32(24(20)34)18-5-3-4-17(14-18)27(28,29)30/h3-14H,1-2H3,(H,31,33,36)/b20-12+. The van der Waals surface area contributed by atoms with E-state index in [1.54, 1.807) is 12.1 Å². The zero-order valence-electron chi connectivity index (χ0n) is 20.4. The lowest BCUT2D eigenvalue weighted by Gasteiger charge is -2.27. The number of nitrogens with zero attached hydrogens (tertiary/aromatic N) is 1. The molecule has 4 rings (SSSR count). The van der Waals surface area contributed by atoms with Crippen LogP contribution in [0, 0.1) is 0 Å². The van der Waals surface area contributed by atoms with Gasteiger partial charge >= 0.3 is 18.2 Å². The van der Waals surface area contributed by atoms with E-state index in [0.717, 1.165) is 24.3 Å². The first-order chi connectivity index (χ1) is 18.5. The monoisotopic (exact) mass is 540 g/mol. The Labute approximate surface area is 219 Å². The average molecular weight is 540 g/mol. The van der Waals surface area contributed by atoms with E-state index in [1.807, 2.05) is 5.32 Å². The number of amides is 4. The van der Waals surface area contributed by atoms with Gasteiger partial charge in [-0.1, -0.05) is 12.1 Å². The van der Waals surface area contributed by atoms with Gasteiger partial charge in [-0.25, -0.2) is 14.5 Å². The molecule has 0 saturated carbocycles. The fourth-order valence-corrected chi connectivity index (χ4v) is 3.62. The fourth-order valence-electron chi connectivity index (χ4n) is 3.62. The molecule has 200 valence electrons. The number of urea groups is 1. The average Bonchev–Trinajstić information content (AvgIpc) is 2.91. The van der Waals surface area contributed by atoms with Gasteiger partial charge in [0.25, 0.3) is 11.8 Å². The summed E-state index contributed by atoms with van der Waals surface area (Å²) in [6.07, 6.45) is -3.59. The number of halogens is 3. The molecule has 4 amide bonds. The number of rotatable bonds is 6. The maximum absolute atomic E-state index is 13.1. The smallest absolute Gasteiger partial charge is 0.416 e. The molecule has 3 aromatic carbocycles. The summed E-state index contributed by atoms with van der Waals surface area (Å²) >= 11 is 0. The Kier molecular flexibility index (Phi) is 7.38. The molecule has 0 radical (unpaired) electrons. The zero-order chi connectivity index (χ0) is 28.3. The van der Waals surface area contributed by atoms with Crippen molar-refractivity contribution in [1.82, 2.24) is 5.32 Å². The van der Waals surface area contributed by atoms with Gasteiger partial charge in [0.05, 0.1) is 31.0 Å². The number of anilines is 1. The Morgan fingerprint density at radius 1 is 0.897 bits per heavy atom. The van der Waals surface area contributed by atoms with Crippen LogP contribution in [0.25, 0.3) is 6.08 Å². The third-order valence-corrected chi connectivity index (χ3v) is 5.56. The Balaban J connectivity index is 1.61. The third kappa shape index (κ3) is 5.74. The first-order valence-electron chi connectivity index (χ1n) is 11.1. The van der Waals surface area contributed by atoms with E-state index in [4.69, 9.17) is 14.2 Å².